The maximum atomic E-state index is 12.0. The number of hydrogen-bond acceptors (Lipinski definition) is 5. The molecule has 0 heterocycles. The van der Waals surface area contributed by atoms with E-state index in [-0.39, 0.29) is 17.7 Å². The number of alkyl halides is 1. The maximum absolute atomic E-state index is 12.0. The molecule has 2 aromatic carbocycles. The predicted molar refractivity (Wildman–Crippen MR) is 122 cm³/mol. The molecule has 0 aliphatic heterocycles. The van der Waals surface area contributed by atoms with Crippen molar-refractivity contribution in [2.45, 2.75) is 25.1 Å². The summed E-state index contributed by atoms with van der Waals surface area (Å²) in [5.41, 5.74) is 3.56. The summed E-state index contributed by atoms with van der Waals surface area (Å²) in [6.45, 7) is 1.14. The molecule has 2 N–H and O–H groups in total. The van der Waals surface area contributed by atoms with Gasteiger partial charge in [-0.25, -0.2) is 4.79 Å². The fourth-order valence-electron chi connectivity index (χ4n) is 3.18. The molecule has 2 aromatic rings. The van der Waals surface area contributed by atoms with Crippen LogP contribution < -0.4 is 10.8 Å². The number of nitrogens with one attached hydrogen (secondary N) is 1. The van der Waals surface area contributed by atoms with Gasteiger partial charge in [-0.2, -0.15) is 0 Å². The van der Waals surface area contributed by atoms with Crippen LogP contribution in [0.4, 0.5) is 16.2 Å². The summed E-state index contributed by atoms with van der Waals surface area (Å²) in [6.07, 6.45) is 6.24. The lowest BCUT2D eigenvalue weighted by atomic mass is 9.54. The number of aryl methyl sites for hydroxylation is 1. The van der Waals surface area contributed by atoms with Crippen LogP contribution in [0.5, 0.6) is 0 Å². The highest BCUT2D eigenvalue weighted by atomic mass is 35.5. The van der Waals surface area contributed by atoms with Crippen LogP contribution in [0.25, 0.3) is 0 Å². The van der Waals surface area contributed by atoms with Crippen LogP contribution in [0.15, 0.2) is 66.2 Å². The molecule has 0 radical (unpaired) electrons. The third kappa shape index (κ3) is 6.19. The minimum Gasteiger partial charge on any atom is -0.449 e. The lowest BCUT2D eigenvalue weighted by molar-refractivity contribution is -0.384. The van der Waals surface area contributed by atoms with Crippen molar-refractivity contribution in [3.63, 3.8) is 0 Å². The molecule has 1 aliphatic rings. The minimum absolute atomic E-state index is 0.0279. The van der Waals surface area contributed by atoms with Crippen molar-refractivity contribution < 1.29 is 19.5 Å². The molecule has 0 saturated carbocycles. The number of non-ortho nitro benzene ring substituents is 1. The highest BCUT2D eigenvalue weighted by Crippen LogP contribution is 2.21. The van der Waals surface area contributed by atoms with Gasteiger partial charge in [-0.05, 0) is 41.5 Å². The zero-order valence-electron chi connectivity index (χ0n) is 17.0. The van der Waals surface area contributed by atoms with Crippen LogP contribution in [0.1, 0.15) is 17.5 Å². The number of amides is 1. The Labute approximate surface area is 185 Å². The van der Waals surface area contributed by atoms with E-state index in [0.29, 0.717) is 24.1 Å². The van der Waals surface area contributed by atoms with Gasteiger partial charge in [0.05, 0.1) is 16.9 Å². The smallest absolute Gasteiger partial charge is 0.411 e. The molecule has 3 rings (SSSR count). The Kier molecular flexibility index (Phi) is 7.49. The lowest BCUT2D eigenvalue weighted by Gasteiger charge is -2.14. The Morgan fingerprint density at radius 3 is 2.68 bits per heavy atom. The second kappa shape index (κ2) is 10.3. The minimum atomic E-state index is -0.707. The summed E-state index contributed by atoms with van der Waals surface area (Å²) < 4.78 is 5.20. The van der Waals surface area contributed by atoms with E-state index in [1.165, 1.54) is 18.2 Å². The Morgan fingerprint density at radius 1 is 1.32 bits per heavy atom. The molecule has 0 spiro atoms. The zero-order valence-corrected chi connectivity index (χ0v) is 17.7. The van der Waals surface area contributed by atoms with E-state index in [9.17, 15) is 19.9 Å². The fourth-order valence-corrected chi connectivity index (χ4v) is 3.34. The van der Waals surface area contributed by atoms with Crippen molar-refractivity contribution in [2.75, 3.05) is 11.9 Å². The summed E-state index contributed by atoms with van der Waals surface area (Å²) in [6, 6.07) is 11.7. The monoisotopic (exact) mass is 440 g/mol. The Morgan fingerprint density at radius 2 is 2.06 bits per heavy atom. The van der Waals surface area contributed by atoms with Crippen molar-refractivity contribution in [3.05, 3.63) is 87.4 Å². The molecular weight excluding hydrogens is 419 g/mol. The van der Waals surface area contributed by atoms with E-state index < -0.39 is 17.9 Å². The average molecular weight is 441 g/mol. The van der Waals surface area contributed by atoms with Crippen LogP contribution in [-0.4, -0.2) is 34.9 Å². The summed E-state index contributed by atoms with van der Waals surface area (Å²) in [5, 5.41) is 23.8. The van der Waals surface area contributed by atoms with E-state index in [1.54, 1.807) is 6.92 Å². The molecule has 31 heavy (non-hydrogen) atoms. The third-order valence-corrected chi connectivity index (χ3v) is 5.29. The standard InChI is InChI=1S/C22H22BClN2O5/c1-15-14-20(26(29)30)10-11-21(15)25-22(27)31-13-12-16-2-4-17(5-3-16)23(28)18-6-8-19(24)9-7-18/h2-8,10-11,14,19,28H,9,12-13H2,1H3,(H,25,27). The molecule has 0 aromatic heterocycles. The van der Waals surface area contributed by atoms with E-state index in [0.717, 1.165) is 16.5 Å². The number of allylic oxidation sites excluding steroid dienone is 4. The van der Waals surface area contributed by atoms with Crippen LogP contribution in [-0.2, 0) is 11.2 Å². The maximum Gasteiger partial charge on any atom is 0.411 e. The molecule has 160 valence electrons. The van der Waals surface area contributed by atoms with Crippen LogP contribution >= 0.6 is 11.6 Å². The fraction of sp³-hybridized carbons (Fsp3) is 0.227. The van der Waals surface area contributed by atoms with Crippen molar-refractivity contribution in [3.8, 4) is 0 Å². The number of benzene rings is 2. The van der Waals surface area contributed by atoms with Gasteiger partial charge in [0.15, 0.2) is 0 Å². The lowest BCUT2D eigenvalue weighted by Crippen LogP contribution is -2.32. The first kappa shape index (κ1) is 22.6. The average Bonchev–Trinajstić information content (AvgIpc) is 2.75. The van der Waals surface area contributed by atoms with Crippen LogP contribution in [0, 0.1) is 17.0 Å². The van der Waals surface area contributed by atoms with Crippen LogP contribution in [0.3, 0.4) is 0 Å². The summed E-state index contributed by atoms with van der Waals surface area (Å²) >= 11 is 6.02. The topological polar surface area (TPSA) is 102 Å². The summed E-state index contributed by atoms with van der Waals surface area (Å²) in [5.74, 6) is 0. The number of carbonyl (C=O) groups is 1. The normalized spacial score (nSPS) is 15.2. The molecule has 1 atom stereocenters. The molecule has 7 nitrogen and oxygen atoms in total. The Bertz CT molecular complexity index is 1020. The first-order valence-corrected chi connectivity index (χ1v) is 10.2. The van der Waals surface area contributed by atoms with Crippen LogP contribution in [0.2, 0.25) is 0 Å². The van der Waals surface area contributed by atoms with Gasteiger partial charge >= 0.3 is 13.0 Å². The number of halogens is 1. The SMILES string of the molecule is Cc1cc([N+](=O)[O-])ccc1NC(=O)OCCc1ccc(B(O)C2=CCC(Cl)C=C2)cc1. The molecule has 0 saturated heterocycles. The van der Waals surface area contributed by atoms with Crippen molar-refractivity contribution >= 4 is 41.4 Å². The molecule has 1 unspecified atom stereocenters. The van der Waals surface area contributed by atoms with Gasteiger partial charge in [0, 0.05) is 24.2 Å². The largest absolute Gasteiger partial charge is 0.449 e. The number of carbonyl (C=O) groups excluding carboxylic acids is 1. The number of nitro benzene ring substituents is 1. The molecule has 1 aliphatic carbocycles. The van der Waals surface area contributed by atoms with Crippen molar-refractivity contribution in [2.24, 2.45) is 0 Å². The van der Waals surface area contributed by atoms with Crippen molar-refractivity contribution in [1.29, 1.82) is 0 Å². The summed E-state index contributed by atoms with van der Waals surface area (Å²) in [4.78, 5) is 22.3. The molecule has 0 bridgehead atoms. The number of nitro groups is 1. The van der Waals surface area contributed by atoms with E-state index in [4.69, 9.17) is 16.3 Å². The van der Waals surface area contributed by atoms with Gasteiger partial charge in [0.1, 0.15) is 0 Å². The quantitative estimate of drug-likeness (QED) is 0.294. The highest BCUT2D eigenvalue weighted by molar-refractivity contribution is 6.73. The van der Waals surface area contributed by atoms with Gasteiger partial charge in [-0.3, -0.25) is 15.4 Å². The van der Waals surface area contributed by atoms with Gasteiger partial charge in [0.25, 0.3) is 5.69 Å². The number of nitrogens with zero attached hydrogens (tertiary/aromatic N) is 1. The van der Waals surface area contributed by atoms with Gasteiger partial charge in [0.2, 0.25) is 0 Å². The molecule has 1 amide bonds. The molecule has 9 heteroatoms. The first-order chi connectivity index (χ1) is 14.8. The number of anilines is 1. The van der Waals surface area contributed by atoms with E-state index in [2.05, 4.69) is 5.32 Å². The second-order valence-corrected chi connectivity index (χ2v) is 7.79. The number of hydrogen-bond donors (Lipinski definition) is 2. The number of rotatable bonds is 7. The molecule has 0 fully saturated rings. The van der Waals surface area contributed by atoms with Crippen molar-refractivity contribution in [1.82, 2.24) is 0 Å². The number of ether oxygens (including phenoxy) is 1. The highest BCUT2D eigenvalue weighted by Gasteiger charge is 2.20. The van der Waals surface area contributed by atoms with Gasteiger partial charge in [-0.15, -0.1) is 11.6 Å². The van der Waals surface area contributed by atoms with Gasteiger partial charge in [-0.1, -0.05) is 42.5 Å². The molecular formula is C22H22BClN2O5. The first-order valence-electron chi connectivity index (χ1n) is 9.81. The predicted octanol–water partition coefficient (Wildman–Crippen LogP) is 3.92. The van der Waals surface area contributed by atoms with E-state index >= 15 is 0 Å². The van der Waals surface area contributed by atoms with E-state index in [1.807, 2.05) is 42.5 Å². The zero-order chi connectivity index (χ0) is 22.4. The Hall–Kier alpha value is -3.10. The van der Waals surface area contributed by atoms with Gasteiger partial charge < -0.3 is 9.76 Å². The second-order valence-electron chi connectivity index (χ2n) is 7.23. The Balaban J connectivity index is 1.48. The third-order valence-electron chi connectivity index (χ3n) is 4.97. The summed E-state index contributed by atoms with van der Waals surface area (Å²) in [7, 11) is 0.